The van der Waals surface area contributed by atoms with Gasteiger partial charge in [-0.15, -0.1) is 6.58 Å². The maximum atomic E-state index is 13.1. The van der Waals surface area contributed by atoms with Crippen molar-refractivity contribution in [2.75, 3.05) is 32.7 Å². The molecule has 1 saturated heterocycles. The lowest BCUT2D eigenvalue weighted by Gasteiger charge is -2.33. The summed E-state index contributed by atoms with van der Waals surface area (Å²) in [5, 5.41) is 0. The third kappa shape index (κ3) is 4.49. The van der Waals surface area contributed by atoms with Gasteiger partial charge in [0.25, 0.3) is 0 Å². The first-order valence-electron chi connectivity index (χ1n) is 9.53. The lowest BCUT2D eigenvalue weighted by molar-refractivity contribution is 0.0901. The molecule has 3 rings (SSSR count). The molecule has 2 aromatic rings. The largest absolute Gasteiger partial charge is 0.345 e. The first kappa shape index (κ1) is 21.4. The van der Waals surface area contributed by atoms with Gasteiger partial charge in [-0.2, -0.15) is 4.31 Å². The van der Waals surface area contributed by atoms with Crippen molar-refractivity contribution >= 4 is 15.8 Å². The summed E-state index contributed by atoms with van der Waals surface area (Å²) in [5.74, 6) is -0.442. The van der Waals surface area contributed by atoms with Gasteiger partial charge in [0.1, 0.15) is 5.82 Å². The van der Waals surface area contributed by atoms with Crippen LogP contribution in [0.3, 0.4) is 0 Å². The number of nitrogens with zero attached hydrogens (tertiary/aromatic N) is 3. The first-order valence-corrected chi connectivity index (χ1v) is 11.0. The number of Topliss-reactive ketones (excluding diaryl/α,β-unsaturated/α-hetero) is 1. The Balaban J connectivity index is 1.63. The Morgan fingerprint density at radius 1 is 1.14 bits per heavy atom. The van der Waals surface area contributed by atoms with E-state index in [0.29, 0.717) is 38.3 Å². The molecule has 1 aromatic carbocycles. The van der Waals surface area contributed by atoms with E-state index in [2.05, 4.69) is 6.58 Å². The van der Waals surface area contributed by atoms with Gasteiger partial charge in [-0.1, -0.05) is 6.08 Å². The number of allylic oxidation sites excluding steroid dienone is 1. The van der Waals surface area contributed by atoms with Crippen LogP contribution in [0.5, 0.6) is 0 Å². The second kappa shape index (κ2) is 8.61. The number of halogens is 1. The number of carbonyl (C=O) groups is 1. The van der Waals surface area contributed by atoms with Gasteiger partial charge in [0, 0.05) is 49.7 Å². The molecule has 2 heterocycles. The van der Waals surface area contributed by atoms with Gasteiger partial charge >= 0.3 is 0 Å². The number of piperazine rings is 1. The van der Waals surface area contributed by atoms with Crippen LogP contribution in [0.25, 0.3) is 0 Å². The predicted molar refractivity (Wildman–Crippen MR) is 110 cm³/mol. The summed E-state index contributed by atoms with van der Waals surface area (Å²) in [4.78, 5) is 14.8. The molecular formula is C21H26FN3O3S. The zero-order valence-corrected chi connectivity index (χ0v) is 17.6. The summed E-state index contributed by atoms with van der Waals surface area (Å²) >= 11 is 0. The average molecular weight is 420 g/mol. The van der Waals surface area contributed by atoms with E-state index >= 15 is 0 Å². The molecule has 0 aliphatic carbocycles. The third-order valence-corrected chi connectivity index (χ3v) is 7.25. The van der Waals surface area contributed by atoms with Gasteiger partial charge in [-0.3, -0.25) is 9.69 Å². The van der Waals surface area contributed by atoms with Crippen LogP contribution >= 0.6 is 0 Å². The minimum Gasteiger partial charge on any atom is -0.345 e. The minimum atomic E-state index is -3.66. The van der Waals surface area contributed by atoms with Crippen molar-refractivity contribution in [2.24, 2.45) is 0 Å². The summed E-state index contributed by atoms with van der Waals surface area (Å²) in [6.07, 6.45) is 1.80. The van der Waals surface area contributed by atoms with E-state index in [-0.39, 0.29) is 17.2 Å². The van der Waals surface area contributed by atoms with Crippen LogP contribution in [0.1, 0.15) is 21.7 Å². The SMILES string of the molecule is C=CCn1c(C)cc(C(=O)CN2CCN(S(=O)(=O)c3ccc(F)cc3)CC2)c1C. The summed E-state index contributed by atoms with van der Waals surface area (Å²) in [6, 6.07) is 6.74. The second-order valence-corrected chi connectivity index (χ2v) is 9.18. The van der Waals surface area contributed by atoms with Gasteiger partial charge in [0.15, 0.2) is 5.78 Å². The molecule has 29 heavy (non-hydrogen) atoms. The standard InChI is InChI=1S/C21H26FN3O3S/c1-4-9-25-16(2)14-20(17(25)3)21(26)15-23-10-12-24(13-11-23)29(27,28)19-7-5-18(22)6-8-19/h4-8,14H,1,9-13,15H2,2-3H3. The minimum absolute atomic E-state index is 0.0308. The highest BCUT2D eigenvalue weighted by Gasteiger charge is 2.29. The van der Waals surface area contributed by atoms with Gasteiger partial charge in [0.2, 0.25) is 10.0 Å². The number of carbonyl (C=O) groups excluding carboxylic acids is 1. The Hall–Kier alpha value is -2.29. The fraction of sp³-hybridized carbons (Fsp3) is 0.381. The van der Waals surface area contributed by atoms with E-state index in [1.807, 2.05) is 29.4 Å². The normalized spacial score (nSPS) is 16.1. The van der Waals surface area contributed by atoms with Gasteiger partial charge in [0.05, 0.1) is 11.4 Å². The molecule has 1 fully saturated rings. The molecule has 1 aliphatic heterocycles. The molecular weight excluding hydrogens is 393 g/mol. The molecule has 1 aliphatic rings. The zero-order valence-electron chi connectivity index (χ0n) is 16.8. The molecule has 0 amide bonds. The van der Waals surface area contributed by atoms with E-state index in [4.69, 9.17) is 0 Å². The maximum Gasteiger partial charge on any atom is 0.243 e. The van der Waals surface area contributed by atoms with Crippen molar-refractivity contribution in [3.05, 3.63) is 65.8 Å². The number of aromatic nitrogens is 1. The van der Waals surface area contributed by atoms with E-state index in [0.717, 1.165) is 23.5 Å². The number of aryl methyl sites for hydroxylation is 1. The quantitative estimate of drug-likeness (QED) is 0.511. The number of ketones is 1. The third-order valence-electron chi connectivity index (χ3n) is 5.34. The molecule has 0 bridgehead atoms. The Morgan fingerprint density at radius 2 is 1.76 bits per heavy atom. The maximum absolute atomic E-state index is 13.1. The van der Waals surface area contributed by atoms with E-state index < -0.39 is 15.8 Å². The van der Waals surface area contributed by atoms with Crippen molar-refractivity contribution in [3.8, 4) is 0 Å². The van der Waals surface area contributed by atoms with E-state index in [1.165, 1.54) is 16.4 Å². The molecule has 8 heteroatoms. The highest BCUT2D eigenvalue weighted by atomic mass is 32.2. The Labute approximate surface area is 171 Å². The number of benzene rings is 1. The highest BCUT2D eigenvalue weighted by Crippen LogP contribution is 2.20. The molecule has 1 aromatic heterocycles. The monoisotopic (exact) mass is 419 g/mol. The number of rotatable bonds is 7. The van der Waals surface area contributed by atoms with E-state index in [1.54, 1.807) is 6.08 Å². The molecule has 0 saturated carbocycles. The van der Waals surface area contributed by atoms with Crippen LogP contribution in [0.15, 0.2) is 47.9 Å². The Bertz CT molecular complexity index is 1000. The molecule has 0 radical (unpaired) electrons. The Morgan fingerprint density at radius 3 is 2.34 bits per heavy atom. The second-order valence-electron chi connectivity index (χ2n) is 7.24. The lowest BCUT2D eigenvalue weighted by atomic mass is 10.1. The van der Waals surface area contributed by atoms with Crippen LogP contribution in [0.2, 0.25) is 0 Å². The van der Waals surface area contributed by atoms with Crippen LogP contribution in [0, 0.1) is 19.7 Å². The summed E-state index contributed by atoms with van der Waals surface area (Å²) < 4.78 is 41.9. The fourth-order valence-electron chi connectivity index (χ4n) is 3.67. The average Bonchev–Trinajstić information content (AvgIpc) is 2.97. The smallest absolute Gasteiger partial charge is 0.243 e. The van der Waals surface area contributed by atoms with Crippen molar-refractivity contribution in [1.82, 2.24) is 13.8 Å². The number of hydrogen-bond donors (Lipinski definition) is 0. The van der Waals surface area contributed by atoms with Crippen molar-refractivity contribution < 1.29 is 17.6 Å². The lowest BCUT2D eigenvalue weighted by Crippen LogP contribution is -2.49. The summed E-state index contributed by atoms with van der Waals surface area (Å²) in [5.41, 5.74) is 2.64. The molecule has 6 nitrogen and oxygen atoms in total. The van der Waals surface area contributed by atoms with Crippen molar-refractivity contribution in [2.45, 2.75) is 25.3 Å². The van der Waals surface area contributed by atoms with Crippen molar-refractivity contribution in [3.63, 3.8) is 0 Å². The molecule has 0 unspecified atom stereocenters. The van der Waals surface area contributed by atoms with Crippen LogP contribution in [0.4, 0.5) is 4.39 Å². The van der Waals surface area contributed by atoms with Gasteiger partial charge in [-0.05, 0) is 44.2 Å². The topological polar surface area (TPSA) is 62.6 Å². The highest BCUT2D eigenvalue weighted by molar-refractivity contribution is 7.89. The van der Waals surface area contributed by atoms with Crippen LogP contribution in [-0.2, 0) is 16.6 Å². The number of hydrogen-bond acceptors (Lipinski definition) is 4. The fourth-order valence-corrected chi connectivity index (χ4v) is 5.09. The Kier molecular flexibility index (Phi) is 6.36. The van der Waals surface area contributed by atoms with Crippen LogP contribution in [-0.4, -0.2) is 60.7 Å². The molecule has 0 atom stereocenters. The predicted octanol–water partition coefficient (Wildman–Crippen LogP) is 2.62. The summed E-state index contributed by atoms with van der Waals surface area (Å²) in [6.45, 7) is 10.1. The number of sulfonamides is 1. The van der Waals surface area contributed by atoms with Crippen molar-refractivity contribution in [1.29, 1.82) is 0 Å². The van der Waals surface area contributed by atoms with Crippen LogP contribution < -0.4 is 0 Å². The molecule has 0 spiro atoms. The molecule has 156 valence electrons. The first-order chi connectivity index (χ1) is 13.7. The summed E-state index contributed by atoms with van der Waals surface area (Å²) in [7, 11) is -3.66. The van der Waals surface area contributed by atoms with Gasteiger partial charge < -0.3 is 4.57 Å². The van der Waals surface area contributed by atoms with E-state index in [9.17, 15) is 17.6 Å². The molecule has 0 N–H and O–H groups in total. The van der Waals surface area contributed by atoms with Gasteiger partial charge in [-0.25, -0.2) is 12.8 Å². The zero-order chi connectivity index (χ0) is 21.2.